The van der Waals surface area contributed by atoms with E-state index < -0.39 is 0 Å². The lowest BCUT2D eigenvalue weighted by Crippen LogP contribution is -2.09. The highest BCUT2D eigenvalue weighted by molar-refractivity contribution is 4.79. The molecular weight excluding hydrogens is 182 g/mol. The minimum absolute atomic E-state index is 1.07. The summed E-state index contributed by atoms with van der Waals surface area (Å²) in [5.74, 6) is 0. The lowest BCUT2D eigenvalue weighted by molar-refractivity contribution is 0.467. The van der Waals surface area contributed by atoms with Crippen molar-refractivity contribution < 1.29 is 0 Å². The zero-order chi connectivity index (χ0) is 11.4. The summed E-state index contributed by atoms with van der Waals surface area (Å²) in [6.45, 7) is 10.8. The van der Waals surface area contributed by atoms with Gasteiger partial charge in [-0.25, -0.2) is 0 Å². The fraction of sp³-hybridized carbons (Fsp3) is 0.714. The third-order valence-electron chi connectivity index (χ3n) is 2.74. The van der Waals surface area contributed by atoms with E-state index in [1.807, 2.05) is 12.4 Å². The van der Waals surface area contributed by atoms with Gasteiger partial charge in [0.2, 0.25) is 0 Å². The molecule has 88 valence electrons. The van der Waals surface area contributed by atoms with Crippen molar-refractivity contribution in [2.45, 2.75) is 58.3 Å². The van der Waals surface area contributed by atoms with Crippen molar-refractivity contribution in [1.82, 2.24) is 4.90 Å². The van der Waals surface area contributed by atoms with E-state index in [1.54, 1.807) is 0 Å². The normalized spacial score (nSPS) is 9.93. The average Bonchev–Trinajstić information content (AvgIpc) is 2.27. The SMILES string of the molecule is C=CN(C=C)CCCCCCCCCC. The number of hydrogen-bond acceptors (Lipinski definition) is 1. The van der Waals surface area contributed by atoms with Crippen LogP contribution in [0.4, 0.5) is 0 Å². The lowest BCUT2D eigenvalue weighted by Gasteiger charge is -2.13. The Bertz CT molecular complexity index is 143. The third kappa shape index (κ3) is 9.58. The molecule has 0 aliphatic carbocycles. The maximum Gasteiger partial charge on any atom is 0.0219 e. The molecule has 0 amide bonds. The predicted molar refractivity (Wildman–Crippen MR) is 69.7 cm³/mol. The van der Waals surface area contributed by atoms with Crippen LogP contribution < -0.4 is 0 Å². The van der Waals surface area contributed by atoms with E-state index in [1.165, 1.54) is 51.4 Å². The summed E-state index contributed by atoms with van der Waals surface area (Å²) in [4.78, 5) is 2.05. The third-order valence-corrected chi connectivity index (χ3v) is 2.74. The Morgan fingerprint density at radius 3 is 1.73 bits per heavy atom. The Kier molecular flexibility index (Phi) is 10.8. The number of rotatable bonds is 11. The summed E-state index contributed by atoms with van der Waals surface area (Å²) in [6, 6.07) is 0. The predicted octanol–water partition coefficient (Wildman–Crippen LogP) is 4.72. The van der Waals surface area contributed by atoms with Crippen molar-refractivity contribution in [3.05, 3.63) is 25.6 Å². The Balaban J connectivity index is 3.10. The molecule has 0 aliphatic heterocycles. The quantitative estimate of drug-likeness (QED) is 0.445. The molecule has 0 rings (SSSR count). The molecule has 0 fully saturated rings. The number of hydrogen-bond donors (Lipinski definition) is 0. The average molecular weight is 209 g/mol. The van der Waals surface area contributed by atoms with E-state index >= 15 is 0 Å². The van der Waals surface area contributed by atoms with Crippen molar-refractivity contribution >= 4 is 0 Å². The molecule has 0 bridgehead atoms. The smallest absolute Gasteiger partial charge is 0.0219 e. The van der Waals surface area contributed by atoms with E-state index in [-0.39, 0.29) is 0 Å². The van der Waals surface area contributed by atoms with Gasteiger partial charge in [0.05, 0.1) is 0 Å². The second kappa shape index (κ2) is 11.4. The van der Waals surface area contributed by atoms with Crippen LogP contribution in [0.3, 0.4) is 0 Å². The maximum absolute atomic E-state index is 3.74. The zero-order valence-corrected chi connectivity index (χ0v) is 10.4. The van der Waals surface area contributed by atoms with Crippen LogP contribution in [0, 0.1) is 0 Å². The van der Waals surface area contributed by atoms with Gasteiger partial charge in [0.1, 0.15) is 0 Å². The van der Waals surface area contributed by atoms with Gasteiger partial charge in [0.15, 0.2) is 0 Å². The van der Waals surface area contributed by atoms with E-state index in [9.17, 15) is 0 Å². The standard InChI is InChI=1S/C14H27N/c1-4-7-8-9-10-11-12-13-14-15(5-2)6-3/h5-6H,2-4,7-14H2,1H3. The molecule has 0 aromatic carbocycles. The summed E-state index contributed by atoms with van der Waals surface area (Å²) < 4.78 is 0. The molecular formula is C14H27N. The molecule has 1 nitrogen and oxygen atoms in total. The second-order valence-electron chi connectivity index (χ2n) is 4.08. The Labute approximate surface area is 95.9 Å². The van der Waals surface area contributed by atoms with Gasteiger partial charge >= 0.3 is 0 Å². The van der Waals surface area contributed by atoms with E-state index in [0.717, 1.165) is 6.54 Å². The van der Waals surface area contributed by atoms with Crippen LogP contribution in [-0.2, 0) is 0 Å². The van der Waals surface area contributed by atoms with Crippen LogP contribution in [0.25, 0.3) is 0 Å². The topological polar surface area (TPSA) is 3.24 Å². The van der Waals surface area contributed by atoms with Crippen molar-refractivity contribution in [2.75, 3.05) is 6.54 Å². The van der Waals surface area contributed by atoms with E-state index in [0.29, 0.717) is 0 Å². The molecule has 0 saturated heterocycles. The molecule has 0 saturated carbocycles. The fourth-order valence-electron chi connectivity index (χ4n) is 1.69. The largest absolute Gasteiger partial charge is 0.355 e. The van der Waals surface area contributed by atoms with Gasteiger partial charge in [-0.2, -0.15) is 0 Å². The molecule has 0 atom stereocenters. The van der Waals surface area contributed by atoms with E-state index in [2.05, 4.69) is 25.0 Å². The molecule has 1 heteroatoms. The highest BCUT2D eigenvalue weighted by Gasteiger charge is 1.94. The molecule has 0 radical (unpaired) electrons. The Morgan fingerprint density at radius 2 is 1.27 bits per heavy atom. The minimum atomic E-state index is 1.07. The highest BCUT2D eigenvalue weighted by atomic mass is 15.1. The molecule has 0 unspecified atom stereocenters. The van der Waals surface area contributed by atoms with Gasteiger partial charge in [-0.3, -0.25) is 0 Å². The molecule has 0 heterocycles. The Morgan fingerprint density at radius 1 is 0.800 bits per heavy atom. The van der Waals surface area contributed by atoms with Gasteiger partial charge < -0.3 is 4.90 Å². The number of unbranched alkanes of at least 4 members (excludes halogenated alkanes) is 7. The van der Waals surface area contributed by atoms with Gasteiger partial charge in [-0.1, -0.05) is 65.0 Å². The first-order valence-corrected chi connectivity index (χ1v) is 6.36. The first-order valence-electron chi connectivity index (χ1n) is 6.36. The summed E-state index contributed by atoms with van der Waals surface area (Å²) >= 11 is 0. The summed E-state index contributed by atoms with van der Waals surface area (Å²) in [5.41, 5.74) is 0. The summed E-state index contributed by atoms with van der Waals surface area (Å²) in [6.07, 6.45) is 14.6. The molecule has 0 aliphatic rings. The van der Waals surface area contributed by atoms with Crippen LogP contribution in [0.1, 0.15) is 58.3 Å². The Hall–Kier alpha value is -0.720. The maximum atomic E-state index is 3.74. The van der Waals surface area contributed by atoms with Crippen molar-refractivity contribution in [3.8, 4) is 0 Å². The van der Waals surface area contributed by atoms with E-state index in [4.69, 9.17) is 0 Å². The van der Waals surface area contributed by atoms with Crippen molar-refractivity contribution in [3.63, 3.8) is 0 Å². The van der Waals surface area contributed by atoms with Gasteiger partial charge in [-0.05, 0) is 18.8 Å². The van der Waals surface area contributed by atoms with Gasteiger partial charge in [-0.15, -0.1) is 0 Å². The monoisotopic (exact) mass is 209 g/mol. The fourth-order valence-corrected chi connectivity index (χ4v) is 1.69. The van der Waals surface area contributed by atoms with Crippen molar-refractivity contribution in [1.29, 1.82) is 0 Å². The van der Waals surface area contributed by atoms with Crippen LogP contribution in [0.5, 0.6) is 0 Å². The number of nitrogens with zero attached hydrogens (tertiary/aromatic N) is 1. The second-order valence-corrected chi connectivity index (χ2v) is 4.08. The molecule has 0 spiro atoms. The molecule has 0 aromatic rings. The molecule has 0 N–H and O–H groups in total. The summed E-state index contributed by atoms with van der Waals surface area (Å²) in [5, 5.41) is 0. The van der Waals surface area contributed by atoms with Crippen LogP contribution >= 0.6 is 0 Å². The first-order chi connectivity index (χ1) is 7.35. The summed E-state index contributed by atoms with van der Waals surface area (Å²) in [7, 11) is 0. The lowest BCUT2D eigenvalue weighted by atomic mass is 10.1. The van der Waals surface area contributed by atoms with Gasteiger partial charge in [0.25, 0.3) is 0 Å². The zero-order valence-electron chi connectivity index (χ0n) is 10.4. The molecule has 15 heavy (non-hydrogen) atoms. The van der Waals surface area contributed by atoms with Crippen LogP contribution in [0.2, 0.25) is 0 Å². The minimum Gasteiger partial charge on any atom is -0.355 e. The van der Waals surface area contributed by atoms with Crippen LogP contribution in [0.15, 0.2) is 25.6 Å². The molecule has 0 aromatic heterocycles. The van der Waals surface area contributed by atoms with Crippen LogP contribution in [-0.4, -0.2) is 11.4 Å². The first kappa shape index (κ1) is 14.3. The highest BCUT2D eigenvalue weighted by Crippen LogP contribution is 2.08. The van der Waals surface area contributed by atoms with Crippen molar-refractivity contribution in [2.24, 2.45) is 0 Å². The van der Waals surface area contributed by atoms with Gasteiger partial charge in [0, 0.05) is 6.54 Å².